The summed E-state index contributed by atoms with van der Waals surface area (Å²) in [5.41, 5.74) is 3.02. The number of aliphatic hydroxyl groups is 1. The molecule has 19 heavy (non-hydrogen) atoms. The predicted molar refractivity (Wildman–Crippen MR) is 73.7 cm³/mol. The number of pyridine rings is 1. The molecule has 0 bridgehead atoms. The van der Waals surface area contributed by atoms with Gasteiger partial charge >= 0.3 is 0 Å². The summed E-state index contributed by atoms with van der Waals surface area (Å²) in [6.45, 7) is 2.37. The van der Waals surface area contributed by atoms with Gasteiger partial charge in [-0.15, -0.1) is 0 Å². The number of rotatable bonds is 3. The predicted octanol–water partition coefficient (Wildman–Crippen LogP) is 2.31. The molecule has 0 saturated carbocycles. The second kappa shape index (κ2) is 6.58. The van der Waals surface area contributed by atoms with Crippen molar-refractivity contribution in [3.8, 4) is 17.6 Å². The normalized spacial score (nSPS) is 9.58. The summed E-state index contributed by atoms with van der Waals surface area (Å²) in [6, 6.07) is 9.58. The van der Waals surface area contributed by atoms with E-state index in [9.17, 15) is 0 Å². The van der Waals surface area contributed by atoms with Crippen molar-refractivity contribution in [3.63, 3.8) is 0 Å². The van der Waals surface area contributed by atoms with E-state index in [1.807, 2.05) is 37.3 Å². The molecule has 96 valence electrons. The Morgan fingerprint density at radius 3 is 2.68 bits per heavy atom. The van der Waals surface area contributed by atoms with Crippen LogP contribution in [-0.4, -0.2) is 16.7 Å². The number of hydrogen-bond donors (Lipinski definition) is 1. The largest absolute Gasteiger partial charge is 0.489 e. The number of aliphatic hydroxyl groups excluding tert-OH is 1. The average molecular weight is 253 g/mol. The van der Waals surface area contributed by atoms with Gasteiger partial charge in [-0.05, 0) is 48.4 Å². The maximum atomic E-state index is 8.68. The van der Waals surface area contributed by atoms with Crippen molar-refractivity contribution >= 4 is 0 Å². The van der Waals surface area contributed by atoms with Crippen LogP contribution >= 0.6 is 0 Å². The molecular formula is C16H15NO2. The molecule has 0 saturated heterocycles. The highest BCUT2D eigenvalue weighted by atomic mass is 16.5. The van der Waals surface area contributed by atoms with Crippen LogP contribution in [0.5, 0.6) is 5.75 Å². The lowest BCUT2D eigenvalue weighted by molar-refractivity contribution is 0.306. The summed E-state index contributed by atoms with van der Waals surface area (Å²) in [5, 5.41) is 8.68. The number of benzene rings is 1. The molecular weight excluding hydrogens is 238 g/mol. The highest BCUT2D eigenvalue weighted by molar-refractivity contribution is 5.44. The minimum absolute atomic E-state index is 0.125. The molecule has 2 rings (SSSR count). The highest BCUT2D eigenvalue weighted by Gasteiger charge is 1.99. The van der Waals surface area contributed by atoms with E-state index in [1.54, 1.807) is 12.4 Å². The molecule has 0 unspecified atom stereocenters. The van der Waals surface area contributed by atoms with Gasteiger partial charge in [-0.25, -0.2) is 0 Å². The van der Waals surface area contributed by atoms with E-state index >= 15 is 0 Å². The van der Waals surface area contributed by atoms with Crippen LogP contribution in [0, 0.1) is 18.8 Å². The van der Waals surface area contributed by atoms with Crippen molar-refractivity contribution in [3.05, 3.63) is 59.4 Å². The standard InChI is InChI=1S/C16H15NO2/c1-13-11-16(5-4-15(13)3-2-10-18)19-12-14-6-8-17-9-7-14/h4-9,11,18H,10,12H2,1H3. The molecule has 3 heteroatoms. The van der Waals surface area contributed by atoms with Crippen LogP contribution in [0.25, 0.3) is 0 Å². The van der Waals surface area contributed by atoms with Gasteiger partial charge in [0.15, 0.2) is 0 Å². The lowest BCUT2D eigenvalue weighted by Gasteiger charge is -2.07. The summed E-state index contributed by atoms with van der Waals surface area (Å²) in [4.78, 5) is 3.96. The van der Waals surface area contributed by atoms with Crippen LogP contribution in [0.1, 0.15) is 16.7 Å². The number of nitrogens with zero attached hydrogens (tertiary/aromatic N) is 1. The highest BCUT2D eigenvalue weighted by Crippen LogP contribution is 2.17. The van der Waals surface area contributed by atoms with Crippen LogP contribution < -0.4 is 4.74 Å². The van der Waals surface area contributed by atoms with E-state index in [0.717, 1.165) is 22.4 Å². The quantitative estimate of drug-likeness (QED) is 0.854. The first kappa shape index (κ1) is 13.1. The molecule has 0 aliphatic carbocycles. The lowest BCUT2D eigenvalue weighted by atomic mass is 10.1. The second-order valence-corrected chi connectivity index (χ2v) is 4.08. The average Bonchev–Trinajstić information content (AvgIpc) is 2.45. The summed E-state index contributed by atoms with van der Waals surface area (Å²) in [6.07, 6.45) is 3.50. The Labute approximate surface area is 112 Å². The molecule has 1 aromatic carbocycles. The zero-order valence-electron chi connectivity index (χ0n) is 10.8. The minimum atomic E-state index is -0.125. The van der Waals surface area contributed by atoms with Gasteiger partial charge in [-0.3, -0.25) is 4.98 Å². The van der Waals surface area contributed by atoms with Crippen molar-refractivity contribution in [2.24, 2.45) is 0 Å². The topological polar surface area (TPSA) is 42.4 Å². The van der Waals surface area contributed by atoms with Crippen LogP contribution in [-0.2, 0) is 6.61 Å². The fraction of sp³-hybridized carbons (Fsp3) is 0.188. The first-order chi connectivity index (χ1) is 9.29. The fourth-order valence-electron chi connectivity index (χ4n) is 1.65. The van der Waals surface area contributed by atoms with E-state index in [0.29, 0.717) is 6.61 Å². The molecule has 0 aliphatic rings. The molecule has 1 N–H and O–H groups in total. The third kappa shape index (κ3) is 3.84. The van der Waals surface area contributed by atoms with Gasteiger partial charge in [-0.2, -0.15) is 0 Å². The molecule has 0 radical (unpaired) electrons. The Bertz CT molecular complexity index is 597. The van der Waals surface area contributed by atoms with Gasteiger partial charge < -0.3 is 9.84 Å². The molecule has 0 aliphatic heterocycles. The van der Waals surface area contributed by atoms with Gasteiger partial charge in [0.05, 0.1) is 0 Å². The number of aryl methyl sites for hydroxylation is 1. The molecule has 2 aromatic rings. The Morgan fingerprint density at radius 2 is 2.00 bits per heavy atom. The summed E-state index contributed by atoms with van der Waals surface area (Å²) < 4.78 is 5.71. The van der Waals surface area contributed by atoms with Crippen molar-refractivity contribution in [1.82, 2.24) is 4.98 Å². The van der Waals surface area contributed by atoms with Crippen LogP contribution in [0.3, 0.4) is 0 Å². The Morgan fingerprint density at radius 1 is 1.21 bits per heavy atom. The second-order valence-electron chi connectivity index (χ2n) is 4.08. The molecule has 0 spiro atoms. The van der Waals surface area contributed by atoms with Crippen molar-refractivity contribution in [2.75, 3.05) is 6.61 Å². The van der Waals surface area contributed by atoms with E-state index in [4.69, 9.17) is 9.84 Å². The fourth-order valence-corrected chi connectivity index (χ4v) is 1.65. The SMILES string of the molecule is Cc1cc(OCc2ccncc2)ccc1C#CCO. The number of aromatic nitrogens is 1. The van der Waals surface area contributed by atoms with Gasteiger partial charge in [0.2, 0.25) is 0 Å². The van der Waals surface area contributed by atoms with Gasteiger partial charge in [-0.1, -0.05) is 11.8 Å². The van der Waals surface area contributed by atoms with E-state index in [-0.39, 0.29) is 6.61 Å². The van der Waals surface area contributed by atoms with Crippen molar-refractivity contribution < 1.29 is 9.84 Å². The third-order valence-electron chi connectivity index (χ3n) is 2.65. The summed E-state index contributed by atoms with van der Waals surface area (Å²) in [5.74, 6) is 6.35. The van der Waals surface area contributed by atoms with Crippen LogP contribution in [0.2, 0.25) is 0 Å². The van der Waals surface area contributed by atoms with E-state index in [2.05, 4.69) is 16.8 Å². The molecule has 0 atom stereocenters. The van der Waals surface area contributed by atoms with Crippen molar-refractivity contribution in [1.29, 1.82) is 0 Å². The van der Waals surface area contributed by atoms with Crippen LogP contribution in [0.4, 0.5) is 0 Å². The Balaban J connectivity index is 2.04. The molecule has 0 amide bonds. The molecule has 1 heterocycles. The zero-order valence-corrected chi connectivity index (χ0v) is 10.8. The molecule has 3 nitrogen and oxygen atoms in total. The first-order valence-corrected chi connectivity index (χ1v) is 6.01. The molecule has 1 aromatic heterocycles. The maximum absolute atomic E-state index is 8.68. The zero-order chi connectivity index (χ0) is 13.5. The number of hydrogen-bond acceptors (Lipinski definition) is 3. The van der Waals surface area contributed by atoms with E-state index < -0.39 is 0 Å². The van der Waals surface area contributed by atoms with Crippen LogP contribution in [0.15, 0.2) is 42.7 Å². The molecule has 0 fully saturated rings. The Hall–Kier alpha value is -2.31. The van der Waals surface area contributed by atoms with Gasteiger partial charge in [0, 0.05) is 18.0 Å². The lowest BCUT2D eigenvalue weighted by Crippen LogP contribution is -1.96. The summed E-state index contributed by atoms with van der Waals surface area (Å²) >= 11 is 0. The summed E-state index contributed by atoms with van der Waals surface area (Å²) in [7, 11) is 0. The van der Waals surface area contributed by atoms with Gasteiger partial charge in [0.25, 0.3) is 0 Å². The Kier molecular flexibility index (Phi) is 4.54. The number of ether oxygens (including phenoxy) is 1. The monoisotopic (exact) mass is 253 g/mol. The first-order valence-electron chi connectivity index (χ1n) is 6.01. The van der Waals surface area contributed by atoms with E-state index in [1.165, 1.54) is 0 Å². The minimum Gasteiger partial charge on any atom is -0.489 e. The van der Waals surface area contributed by atoms with Gasteiger partial charge in [0.1, 0.15) is 19.0 Å². The maximum Gasteiger partial charge on any atom is 0.120 e. The van der Waals surface area contributed by atoms with Crippen molar-refractivity contribution in [2.45, 2.75) is 13.5 Å². The smallest absolute Gasteiger partial charge is 0.120 e. The third-order valence-corrected chi connectivity index (χ3v) is 2.65.